The van der Waals surface area contributed by atoms with E-state index in [-0.39, 0.29) is 16.8 Å². The lowest BCUT2D eigenvalue weighted by atomic mass is 10.0. The second kappa shape index (κ2) is 8.33. The topological polar surface area (TPSA) is 66.5 Å². The fourth-order valence-electron chi connectivity index (χ4n) is 3.19. The third-order valence-electron chi connectivity index (χ3n) is 4.72. The van der Waals surface area contributed by atoms with E-state index in [1.807, 2.05) is 22.4 Å². The zero-order valence-electron chi connectivity index (χ0n) is 14.8. The number of nitrogens with one attached hydrogen (secondary N) is 1. The molecule has 1 aromatic carbocycles. The lowest BCUT2D eigenvalue weighted by Gasteiger charge is -2.33. The van der Waals surface area contributed by atoms with Gasteiger partial charge in [0, 0.05) is 29.6 Å². The van der Waals surface area contributed by atoms with Gasteiger partial charge in [0.05, 0.1) is 4.90 Å². The zero-order valence-corrected chi connectivity index (χ0v) is 16.5. The number of thiophene rings is 1. The van der Waals surface area contributed by atoms with Gasteiger partial charge in [-0.05, 0) is 68.3 Å². The molecule has 0 bridgehead atoms. The molecule has 1 atom stereocenters. The molecule has 1 aromatic heterocycles. The number of nitrogens with zero attached hydrogens (tertiary/aromatic N) is 1. The van der Waals surface area contributed by atoms with Gasteiger partial charge in [-0.3, -0.25) is 4.79 Å². The first-order valence-corrected chi connectivity index (χ1v) is 11.3. The molecule has 1 N–H and O–H groups in total. The van der Waals surface area contributed by atoms with Crippen molar-refractivity contribution in [2.45, 2.75) is 43.5 Å². The highest BCUT2D eigenvalue weighted by Crippen LogP contribution is 2.20. The van der Waals surface area contributed by atoms with Crippen molar-refractivity contribution in [2.24, 2.45) is 0 Å². The standard InChI is InChI=1S/C19H24N2O3S2/c1-15-5-2-3-13-21(15)19(22)16-7-9-18(10-8-16)26(23,24)20-12-11-17-6-4-14-25-17/h4,6-10,14-15,20H,2-3,5,11-13H2,1H3/t15-/m0/s1. The number of likely N-dealkylation sites (tertiary alicyclic amines) is 1. The summed E-state index contributed by atoms with van der Waals surface area (Å²) in [5, 5.41) is 1.97. The SMILES string of the molecule is C[C@H]1CCCCN1C(=O)c1ccc(S(=O)(=O)NCCc2cccs2)cc1. The second-order valence-corrected chi connectivity index (χ2v) is 9.39. The van der Waals surface area contributed by atoms with Crippen molar-refractivity contribution >= 4 is 27.3 Å². The van der Waals surface area contributed by atoms with E-state index in [4.69, 9.17) is 0 Å². The van der Waals surface area contributed by atoms with Gasteiger partial charge in [0.2, 0.25) is 10.0 Å². The molecule has 2 aromatic rings. The quantitative estimate of drug-likeness (QED) is 0.820. The largest absolute Gasteiger partial charge is 0.336 e. The first-order chi connectivity index (χ1) is 12.5. The van der Waals surface area contributed by atoms with E-state index in [9.17, 15) is 13.2 Å². The Labute approximate surface area is 159 Å². The molecule has 0 saturated carbocycles. The molecule has 1 fully saturated rings. The van der Waals surface area contributed by atoms with Crippen LogP contribution in [0, 0.1) is 0 Å². The van der Waals surface area contributed by atoms with Gasteiger partial charge in [-0.25, -0.2) is 13.1 Å². The molecule has 7 heteroatoms. The van der Waals surface area contributed by atoms with E-state index >= 15 is 0 Å². The van der Waals surface area contributed by atoms with Gasteiger partial charge >= 0.3 is 0 Å². The molecule has 1 amide bonds. The summed E-state index contributed by atoms with van der Waals surface area (Å²) in [7, 11) is -3.56. The van der Waals surface area contributed by atoms with E-state index in [1.165, 1.54) is 12.1 Å². The van der Waals surface area contributed by atoms with Crippen molar-refractivity contribution in [3.63, 3.8) is 0 Å². The summed E-state index contributed by atoms with van der Waals surface area (Å²) in [6.07, 6.45) is 3.86. The highest BCUT2D eigenvalue weighted by atomic mass is 32.2. The van der Waals surface area contributed by atoms with Crippen LogP contribution < -0.4 is 4.72 Å². The number of sulfonamides is 1. The Morgan fingerprint density at radius 3 is 2.65 bits per heavy atom. The van der Waals surface area contributed by atoms with E-state index in [0.717, 1.165) is 30.7 Å². The average Bonchev–Trinajstić information content (AvgIpc) is 3.15. The third kappa shape index (κ3) is 4.52. The lowest BCUT2D eigenvalue weighted by molar-refractivity contribution is 0.0635. The maximum atomic E-state index is 12.6. The lowest BCUT2D eigenvalue weighted by Crippen LogP contribution is -2.42. The number of benzene rings is 1. The fourth-order valence-corrected chi connectivity index (χ4v) is 4.93. The monoisotopic (exact) mass is 392 g/mol. The van der Waals surface area contributed by atoms with Crippen LogP contribution in [0.4, 0.5) is 0 Å². The van der Waals surface area contributed by atoms with Gasteiger partial charge < -0.3 is 4.90 Å². The minimum Gasteiger partial charge on any atom is -0.336 e. The third-order valence-corrected chi connectivity index (χ3v) is 7.13. The molecule has 0 spiro atoms. The van der Waals surface area contributed by atoms with Crippen molar-refractivity contribution in [2.75, 3.05) is 13.1 Å². The average molecular weight is 393 g/mol. The summed E-state index contributed by atoms with van der Waals surface area (Å²) < 4.78 is 27.4. The number of hydrogen-bond acceptors (Lipinski definition) is 4. The molecule has 0 unspecified atom stereocenters. The van der Waals surface area contributed by atoms with E-state index in [2.05, 4.69) is 11.6 Å². The molecule has 2 heterocycles. The van der Waals surface area contributed by atoms with Crippen molar-refractivity contribution in [1.82, 2.24) is 9.62 Å². The second-order valence-electron chi connectivity index (χ2n) is 6.59. The summed E-state index contributed by atoms with van der Waals surface area (Å²) in [6, 6.07) is 10.4. The molecule has 5 nitrogen and oxygen atoms in total. The van der Waals surface area contributed by atoms with Crippen LogP contribution in [-0.2, 0) is 16.4 Å². The normalized spacial score (nSPS) is 18.0. The maximum Gasteiger partial charge on any atom is 0.254 e. The Morgan fingerprint density at radius 2 is 2.00 bits per heavy atom. The van der Waals surface area contributed by atoms with Gasteiger partial charge in [-0.1, -0.05) is 6.07 Å². The van der Waals surface area contributed by atoms with Crippen molar-refractivity contribution < 1.29 is 13.2 Å². The molecule has 0 radical (unpaired) electrons. The summed E-state index contributed by atoms with van der Waals surface area (Å²) >= 11 is 1.61. The van der Waals surface area contributed by atoms with Crippen LogP contribution in [-0.4, -0.2) is 38.4 Å². The zero-order chi connectivity index (χ0) is 18.6. The molecule has 1 saturated heterocycles. The molecule has 1 aliphatic rings. The Bertz CT molecular complexity index is 830. The number of carbonyl (C=O) groups excluding carboxylic acids is 1. The fraction of sp³-hybridized carbons (Fsp3) is 0.421. The van der Waals surface area contributed by atoms with Gasteiger partial charge in [0.1, 0.15) is 0 Å². The van der Waals surface area contributed by atoms with E-state index < -0.39 is 10.0 Å². The van der Waals surface area contributed by atoms with E-state index in [1.54, 1.807) is 23.5 Å². The van der Waals surface area contributed by atoms with Crippen molar-refractivity contribution in [1.29, 1.82) is 0 Å². The summed E-state index contributed by atoms with van der Waals surface area (Å²) in [4.78, 5) is 15.8. The molecule has 26 heavy (non-hydrogen) atoms. The minimum atomic E-state index is -3.56. The first-order valence-electron chi connectivity index (χ1n) is 8.90. The van der Waals surface area contributed by atoms with Crippen LogP contribution in [0.25, 0.3) is 0 Å². The molecule has 3 rings (SSSR count). The van der Waals surface area contributed by atoms with Gasteiger partial charge in [0.25, 0.3) is 5.91 Å². The number of piperidine rings is 1. The van der Waals surface area contributed by atoms with Crippen LogP contribution in [0.2, 0.25) is 0 Å². The first kappa shape index (κ1) is 19.1. The molecule has 0 aliphatic carbocycles. The van der Waals surface area contributed by atoms with Crippen LogP contribution in [0.3, 0.4) is 0 Å². The Morgan fingerprint density at radius 1 is 1.23 bits per heavy atom. The van der Waals surface area contributed by atoms with Crippen molar-refractivity contribution in [3.05, 3.63) is 52.2 Å². The molecular formula is C19H24N2O3S2. The molecule has 1 aliphatic heterocycles. The van der Waals surface area contributed by atoms with Crippen molar-refractivity contribution in [3.8, 4) is 0 Å². The summed E-state index contributed by atoms with van der Waals surface area (Å²) in [5.41, 5.74) is 0.538. The Balaban J connectivity index is 1.63. The smallest absolute Gasteiger partial charge is 0.254 e. The number of amides is 1. The Kier molecular flexibility index (Phi) is 6.11. The van der Waals surface area contributed by atoms with Gasteiger partial charge in [-0.2, -0.15) is 0 Å². The van der Waals surface area contributed by atoms with E-state index in [0.29, 0.717) is 18.5 Å². The predicted octanol–water partition coefficient (Wildman–Crippen LogP) is 3.28. The number of carbonyl (C=O) groups is 1. The maximum absolute atomic E-state index is 12.6. The highest BCUT2D eigenvalue weighted by Gasteiger charge is 2.24. The van der Waals surface area contributed by atoms with Crippen LogP contribution >= 0.6 is 11.3 Å². The highest BCUT2D eigenvalue weighted by molar-refractivity contribution is 7.89. The van der Waals surface area contributed by atoms with Gasteiger partial charge in [0.15, 0.2) is 0 Å². The summed E-state index contributed by atoms with van der Waals surface area (Å²) in [5.74, 6) is -0.0215. The minimum absolute atomic E-state index is 0.0215. The molecule has 140 valence electrons. The Hall–Kier alpha value is -1.70. The summed E-state index contributed by atoms with van der Waals surface area (Å²) in [6.45, 7) is 3.19. The van der Waals surface area contributed by atoms with Crippen LogP contribution in [0.1, 0.15) is 41.4 Å². The number of hydrogen-bond donors (Lipinski definition) is 1. The van der Waals surface area contributed by atoms with Crippen LogP contribution in [0.15, 0.2) is 46.7 Å². The predicted molar refractivity (Wildman–Crippen MR) is 104 cm³/mol. The number of rotatable bonds is 6. The molecular weight excluding hydrogens is 368 g/mol. The van der Waals surface area contributed by atoms with Crippen LogP contribution in [0.5, 0.6) is 0 Å². The van der Waals surface area contributed by atoms with Gasteiger partial charge in [-0.15, -0.1) is 11.3 Å².